The molecule has 0 spiro atoms. The van der Waals surface area contributed by atoms with Gasteiger partial charge in [0.15, 0.2) is 0 Å². The molecular formula is C10H11N3S. The van der Waals surface area contributed by atoms with Crippen molar-refractivity contribution in [3.63, 3.8) is 0 Å². The van der Waals surface area contributed by atoms with Gasteiger partial charge in [-0.05, 0) is 18.6 Å². The molecule has 0 fully saturated rings. The Labute approximate surface area is 86.6 Å². The van der Waals surface area contributed by atoms with Crippen molar-refractivity contribution in [3.05, 3.63) is 46.2 Å². The fraction of sp³-hybridized carbons (Fsp3) is 0.200. The molecule has 2 N–H and O–H groups in total. The van der Waals surface area contributed by atoms with Crippen LogP contribution in [-0.4, -0.2) is 9.97 Å². The van der Waals surface area contributed by atoms with Gasteiger partial charge in [0.1, 0.15) is 0 Å². The first-order valence-corrected chi connectivity index (χ1v) is 5.22. The number of nitrogens with two attached hydrogens (primary N) is 1. The topological polar surface area (TPSA) is 51.8 Å². The van der Waals surface area contributed by atoms with Crippen molar-refractivity contribution in [2.45, 2.75) is 13.0 Å². The zero-order valence-electron chi connectivity index (χ0n) is 7.84. The molecule has 0 aliphatic carbocycles. The Balaban J connectivity index is 2.28. The summed E-state index contributed by atoms with van der Waals surface area (Å²) in [6, 6.07) is 3.87. The van der Waals surface area contributed by atoms with E-state index in [0.717, 1.165) is 16.1 Å². The third-order valence-electron chi connectivity index (χ3n) is 2.05. The maximum absolute atomic E-state index is 6.04. The molecule has 0 saturated carbocycles. The van der Waals surface area contributed by atoms with Crippen LogP contribution in [0.2, 0.25) is 0 Å². The summed E-state index contributed by atoms with van der Waals surface area (Å²) < 4.78 is 0. The van der Waals surface area contributed by atoms with E-state index in [0.29, 0.717) is 0 Å². The van der Waals surface area contributed by atoms with Crippen molar-refractivity contribution in [3.8, 4) is 0 Å². The van der Waals surface area contributed by atoms with E-state index < -0.39 is 0 Å². The fourth-order valence-electron chi connectivity index (χ4n) is 1.21. The van der Waals surface area contributed by atoms with E-state index in [2.05, 4.69) is 9.97 Å². The standard InChI is InChI=1S/C10H11N3S/c1-7-2-3-8(4-13-7)10(11)9-5-12-6-14-9/h2-6,10H,11H2,1H3. The normalized spacial score (nSPS) is 12.7. The number of aryl methyl sites for hydroxylation is 1. The third-order valence-corrected chi connectivity index (χ3v) is 2.91. The van der Waals surface area contributed by atoms with Gasteiger partial charge in [-0.25, -0.2) is 0 Å². The van der Waals surface area contributed by atoms with Crippen LogP contribution in [-0.2, 0) is 0 Å². The number of pyridine rings is 1. The van der Waals surface area contributed by atoms with Gasteiger partial charge in [-0.3, -0.25) is 9.97 Å². The average Bonchev–Trinajstić information content (AvgIpc) is 2.71. The summed E-state index contributed by atoms with van der Waals surface area (Å²) in [4.78, 5) is 9.28. The Morgan fingerprint density at radius 1 is 1.36 bits per heavy atom. The molecule has 2 rings (SSSR count). The van der Waals surface area contributed by atoms with Crippen molar-refractivity contribution in [2.24, 2.45) is 5.73 Å². The quantitative estimate of drug-likeness (QED) is 0.814. The Kier molecular flexibility index (Phi) is 2.56. The summed E-state index contributed by atoms with van der Waals surface area (Å²) >= 11 is 1.57. The largest absolute Gasteiger partial charge is 0.320 e. The summed E-state index contributed by atoms with van der Waals surface area (Å²) in [6.45, 7) is 1.96. The lowest BCUT2D eigenvalue weighted by atomic mass is 10.1. The van der Waals surface area contributed by atoms with Gasteiger partial charge in [0.2, 0.25) is 0 Å². The van der Waals surface area contributed by atoms with Crippen LogP contribution in [0.4, 0.5) is 0 Å². The van der Waals surface area contributed by atoms with Crippen LogP contribution in [0.25, 0.3) is 0 Å². The van der Waals surface area contributed by atoms with Crippen molar-refractivity contribution in [2.75, 3.05) is 0 Å². The smallest absolute Gasteiger partial charge is 0.0794 e. The number of hydrogen-bond acceptors (Lipinski definition) is 4. The maximum atomic E-state index is 6.04. The number of aromatic nitrogens is 2. The Hall–Kier alpha value is -1.26. The van der Waals surface area contributed by atoms with Gasteiger partial charge < -0.3 is 5.73 Å². The molecule has 0 amide bonds. The molecule has 4 heteroatoms. The van der Waals surface area contributed by atoms with Crippen LogP contribution < -0.4 is 5.73 Å². The van der Waals surface area contributed by atoms with Gasteiger partial charge in [0, 0.05) is 23.0 Å². The van der Waals surface area contributed by atoms with E-state index >= 15 is 0 Å². The van der Waals surface area contributed by atoms with E-state index in [1.54, 1.807) is 23.0 Å². The van der Waals surface area contributed by atoms with Crippen LogP contribution in [0, 0.1) is 6.92 Å². The van der Waals surface area contributed by atoms with Crippen molar-refractivity contribution >= 4 is 11.3 Å². The summed E-state index contributed by atoms with van der Waals surface area (Å²) in [6.07, 6.45) is 3.62. The van der Waals surface area contributed by atoms with E-state index in [1.165, 1.54) is 0 Å². The first-order valence-electron chi connectivity index (χ1n) is 4.34. The number of thiazole rings is 1. The summed E-state index contributed by atoms with van der Waals surface area (Å²) in [7, 11) is 0. The molecule has 72 valence electrons. The Morgan fingerprint density at radius 2 is 2.21 bits per heavy atom. The molecular weight excluding hydrogens is 194 g/mol. The molecule has 1 unspecified atom stereocenters. The van der Waals surface area contributed by atoms with Crippen molar-refractivity contribution in [1.29, 1.82) is 0 Å². The van der Waals surface area contributed by atoms with Crippen LogP contribution >= 0.6 is 11.3 Å². The lowest BCUT2D eigenvalue weighted by molar-refractivity contribution is 0.877. The lowest BCUT2D eigenvalue weighted by Crippen LogP contribution is -2.10. The number of hydrogen-bond donors (Lipinski definition) is 1. The molecule has 0 aromatic carbocycles. The molecule has 14 heavy (non-hydrogen) atoms. The molecule has 0 radical (unpaired) electrons. The van der Waals surface area contributed by atoms with Gasteiger partial charge >= 0.3 is 0 Å². The van der Waals surface area contributed by atoms with E-state index in [9.17, 15) is 0 Å². The van der Waals surface area contributed by atoms with Crippen LogP contribution in [0.1, 0.15) is 22.2 Å². The predicted octanol–water partition coefficient (Wildman–Crippen LogP) is 1.89. The zero-order chi connectivity index (χ0) is 9.97. The molecule has 0 bridgehead atoms. The number of nitrogens with zero attached hydrogens (tertiary/aromatic N) is 2. The van der Waals surface area contributed by atoms with Gasteiger partial charge in [-0.2, -0.15) is 0 Å². The molecule has 2 aromatic rings. The zero-order valence-corrected chi connectivity index (χ0v) is 8.66. The second-order valence-electron chi connectivity index (χ2n) is 3.11. The molecule has 0 aliphatic heterocycles. The molecule has 3 nitrogen and oxygen atoms in total. The van der Waals surface area contributed by atoms with Crippen LogP contribution in [0.3, 0.4) is 0 Å². The van der Waals surface area contributed by atoms with Crippen LogP contribution in [0.5, 0.6) is 0 Å². The Bertz CT molecular complexity index is 394. The molecule has 2 heterocycles. The van der Waals surface area contributed by atoms with Gasteiger partial charge in [0.25, 0.3) is 0 Å². The SMILES string of the molecule is Cc1ccc(C(N)c2cncs2)cn1. The first kappa shape index (κ1) is 9.30. The fourth-order valence-corrected chi connectivity index (χ4v) is 1.85. The minimum absolute atomic E-state index is 0.101. The highest BCUT2D eigenvalue weighted by Gasteiger charge is 2.09. The first-order chi connectivity index (χ1) is 6.77. The predicted molar refractivity (Wildman–Crippen MR) is 57.1 cm³/mol. The summed E-state index contributed by atoms with van der Waals surface area (Å²) in [5.74, 6) is 0. The monoisotopic (exact) mass is 205 g/mol. The molecule has 1 atom stereocenters. The third kappa shape index (κ3) is 1.81. The van der Waals surface area contributed by atoms with Crippen LogP contribution in [0.15, 0.2) is 30.0 Å². The van der Waals surface area contributed by atoms with Gasteiger partial charge in [-0.15, -0.1) is 11.3 Å². The second-order valence-corrected chi connectivity index (χ2v) is 4.03. The summed E-state index contributed by atoms with van der Waals surface area (Å²) in [5.41, 5.74) is 9.86. The highest BCUT2D eigenvalue weighted by Crippen LogP contribution is 2.21. The highest BCUT2D eigenvalue weighted by molar-refractivity contribution is 7.09. The van der Waals surface area contributed by atoms with Crippen molar-refractivity contribution < 1.29 is 0 Å². The van der Waals surface area contributed by atoms with Gasteiger partial charge in [-0.1, -0.05) is 6.07 Å². The molecule has 0 saturated heterocycles. The maximum Gasteiger partial charge on any atom is 0.0794 e. The highest BCUT2D eigenvalue weighted by atomic mass is 32.1. The van der Waals surface area contributed by atoms with E-state index in [4.69, 9.17) is 5.73 Å². The molecule has 2 aromatic heterocycles. The minimum atomic E-state index is -0.101. The Morgan fingerprint density at radius 3 is 2.79 bits per heavy atom. The van der Waals surface area contributed by atoms with E-state index in [-0.39, 0.29) is 6.04 Å². The molecule has 0 aliphatic rings. The summed E-state index contributed by atoms with van der Waals surface area (Å²) in [5, 5.41) is 0. The number of rotatable bonds is 2. The average molecular weight is 205 g/mol. The second kappa shape index (κ2) is 3.86. The van der Waals surface area contributed by atoms with Gasteiger partial charge in [0.05, 0.1) is 11.6 Å². The lowest BCUT2D eigenvalue weighted by Gasteiger charge is -2.08. The van der Waals surface area contributed by atoms with Crippen molar-refractivity contribution in [1.82, 2.24) is 9.97 Å². The van der Waals surface area contributed by atoms with E-state index in [1.807, 2.05) is 25.3 Å². The minimum Gasteiger partial charge on any atom is -0.320 e.